The lowest BCUT2D eigenvalue weighted by Gasteiger charge is -2.09. The lowest BCUT2D eigenvalue weighted by atomic mass is 10.1. The molecule has 0 radical (unpaired) electrons. The van der Waals surface area contributed by atoms with Gasteiger partial charge in [0, 0.05) is 12.3 Å². The predicted molar refractivity (Wildman–Crippen MR) is 70.1 cm³/mol. The van der Waals surface area contributed by atoms with Gasteiger partial charge < -0.3 is 14.6 Å². The number of nitrogens with zero attached hydrogens (tertiary/aromatic N) is 3. The molecule has 9 heteroatoms. The van der Waals surface area contributed by atoms with Gasteiger partial charge in [0.25, 0.3) is 5.69 Å². The number of carbonyl (C=O) groups excluding carboxylic acids is 2. The third kappa shape index (κ3) is 2.92. The average molecular weight is 304 g/mol. The van der Waals surface area contributed by atoms with E-state index in [9.17, 15) is 24.8 Å². The summed E-state index contributed by atoms with van der Waals surface area (Å²) >= 11 is 0. The van der Waals surface area contributed by atoms with E-state index < -0.39 is 16.9 Å². The highest BCUT2D eigenvalue weighted by atomic mass is 16.6. The molecule has 0 unspecified atom stereocenters. The molecule has 1 heterocycles. The molecule has 0 atom stereocenters. The molecule has 22 heavy (non-hydrogen) atoms. The summed E-state index contributed by atoms with van der Waals surface area (Å²) in [5, 5.41) is 25.8. The van der Waals surface area contributed by atoms with Crippen LogP contribution in [0.5, 0.6) is 0 Å². The highest BCUT2D eigenvalue weighted by Crippen LogP contribution is 2.22. The second kappa shape index (κ2) is 6.04. The van der Waals surface area contributed by atoms with Gasteiger partial charge in [0.1, 0.15) is 0 Å². The second-order valence-electron chi connectivity index (χ2n) is 4.25. The molecule has 0 aliphatic heterocycles. The monoisotopic (exact) mass is 304 g/mol. The molecular weight excluding hydrogens is 294 g/mol. The van der Waals surface area contributed by atoms with Crippen molar-refractivity contribution in [2.45, 2.75) is 6.54 Å². The summed E-state index contributed by atoms with van der Waals surface area (Å²) in [5.74, 6) is -2.14. The SMILES string of the molecule is COC(=O)c1ccc(Cn2nccc2C(=O)[O-])c([N+](=O)[O-])c1. The Kier molecular flexibility index (Phi) is 4.16. The molecular formula is C13H10N3O6-. The van der Waals surface area contributed by atoms with Crippen LogP contribution >= 0.6 is 0 Å². The van der Waals surface area contributed by atoms with Gasteiger partial charge in [-0.15, -0.1) is 0 Å². The Morgan fingerprint density at radius 1 is 1.36 bits per heavy atom. The number of nitro groups is 1. The number of aromatic carboxylic acids is 1. The van der Waals surface area contributed by atoms with E-state index in [0.29, 0.717) is 0 Å². The number of esters is 1. The third-order valence-electron chi connectivity index (χ3n) is 2.95. The molecule has 0 N–H and O–H groups in total. The maximum Gasteiger partial charge on any atom is 0.338 e. The summed E-state index contributed by atoms with van der Waals surface area (Å²) in [6.07, 6.45) is 1.25. The van der Waals surface area contributed by atoms with Crippen molar-refractivity contribution >= 4 is 17.6 Å². The molecule has 0 fully saturated rings. The number of hydrogen-bond donors (Lipinski definition) is 0. The van der Waals surface area contributed by atoms with E-state index in [1.807, 2.05) is 0 Å². The van der Waals surface area contributed by atoms with Gasteiger partial charge in [-0.25, -0.2) is 4.79 Å². The number of hydrogen-bond acceptors (Lipinski definition) is 7. The summed E-state index contributed by atoms with van der Waals surface area (Å²) < 4.78 is 5.57. The first-order valence-electron chi connectivity index (χ1n) is 6.03. The number of aromatic nitrogens is 2. The summed E-state index contributed by atoms with van der Waals surface area (Å²) in [5.41, 5.74) is -0.309. The van der Waals surface area contributed by atoms with Crippen molar-refractivity contribution in [1.82, 2.24) is 9.78 Å². The van der Waals surface area contributed by atoms with Crippen molar-refractivity contribution in [3.63, 3.8) is 0 Å². The zero-order chi connectivity index (χ0) is 16.3. The highest BCUT2D eigenvalue weighted by Gasteiger charge is 2.19. The van der Waals surface area contributed by atoms with Crippen LogP contribution in [0, 0.1) is 10.1 Å². The number of nitro benzene ring substituents is 1. The number of carboxylic acid groups (broad SMARTS) is 1. The first kappa shape index (κ1) is 15.2. The van der Waals surface area contributed by atoms with Crippen molar-refractivity contribution in [3.05, 3.63) is 57.4 Å². The number of rotatable bonds is 5. The van der Waals surface area contributed by atoms with Crippen LogP contribution in [0.15, 0.2) is 30.5 Å². The van der Waals surface area contributed by atoms with Crippen molar-refractivity contribution < 1.29 is 24.4 Å². The lowest BCUT2D eigenvalue weighted by molar-refractivity contribution is -0.385. The van der Waals surface area contributed by atoms with E-state index in [2.05, 4.69) is 9.84 Å². The van der Waals surface area contributed by atoms with E-state index in [1.54, 1.807) is 0 Å². The van der Waals surface area contributed by atoms with Crippen molar-refractivity contribution in [3.8, 4) is 0 Å². The van der Waals surface area contributed by atoms with Gasteiger partial charge in [-0.05, 0) is 18.2 Å². The van der Waals surface area contributed by atoms with Gasteiger partial charge in [-0.3, -0.25) is 14.8 Å². The van der Waals surface area contributed by atoms with Crippen LogP contribution in [0.4, 0.5) is 5.69 Å². The number of benzene rings is 1. The molecule has 1 aromatic carbocycles. The number of methoxy groups -OCH3 is 1. The highest BCUT2D eigenvalue weighted by molar-refractivity contribution is 5.90. The zero-order valence-electron chi connectivity index (χ0n) is 11.4. The normalized spacial score (nSPS) is 10.2. The molecule has 9 nitrogen and oxygen atoms in total. The van der Waals surface area contributed by atoms with Crippen molar-refractivity contribution in [1.29, 1.82) is 0 Å². The summed E-state index contributed by atoms with van der Waals surface area (Å²) in [6.45, 7) is -0.145. The first-order chi connectivity index (χ1) is 10.4. The smallest absolute Gasteiger partial charge is 0.338 e. The zero-order valence-corrected chi connectivity index (χ0v) is 11.4. The molecule has 2 rings (SSSR count). The fourth-order valence-corrected chi connectivity index (χ4v) is 1.91. The predicted octanol–water partition coefficient (Wildman–Crippen LogP) is -0.0103. The molecule has 0 saturated carbocycles. The largest absolute Gasteiger partial charge is 0.543 e. The Labute approximate surface area is 123 Å². The van der Waals surface area contributed by atoms with E-state index in [-0.39, 0.29) is 29.1 Å². The Balaban J connectivity index is 2.42. The number of carboxylic acids is 1. The van der Waals surface area contributed by atoms with E-state index >= 15 is 0 Å². The van der Waals surface area contributed by atoms with Crippen LogP contribution in [0.1, 0.15) is 26.4 Å². The Bertz CT molecular complexity index is 752. The maximum atomic E-state index is 11.4. The minimum atomic E-state index is -1.44. The fourth-order valence-electron chi connectivity index (χ4n) is 1.91. The Morgan fingerprint density at radius 3 is 2.68 bits per heavy atom. The third-order valence-corrected chi connectivity index (χ3v) is 2.95. The number of ether oxygens (including phenoxy) is 1. The number of carbonyl (C=O) groups is 2. The molecule has 0 aliphatic rings. The molecule has 0 amide bonds. The molecule has 114 valence electrons. The van der Waals surface area contributed by atoms with Gasteiger partial charge >= 0.3 is 5.97 Å². The van der Waals surface area contributed by atoms with Crippen molar-refractivity contribution in [2.75, 3.05) is 7.11 Å². The molecule has 1 aromatic heterocycles. The van der Waals surface area contributed by atoms with Crippen LogP contribution in [0.3, 0.4) is 0 Å². The minimum absolute atomic E-state index is 0.0264. The second-order valence-corrected chi connectivity index (χ2v) is 4.25. The van der Waals surface area contributed by atoms with Gasteiger partial charge in [-0.2, -0.15) is 5.10 Å². The molecule has 0 bridgehead atoms. The maximum absolute atomic E-state index is 11.4. The van der Waals surface area contributed by atoms with Crippen molar-refractivity contribution in [2.24, 2.45) is 0 Å². The summed E-state index contributed by atoms with van der Waals surface area (Å²) in [6, 6.07) is 5.01. The lowest BCUT2D eigenvalue weighted by Crippen LogP contribution is -2.26. The molecule has 0 aliphatic carbocycles. The standard InChI is InChI=1S/C13H11N3O6/c1-22-13(19)8-2-3-9(11(6-8)16(20)21)7-15-10(12(17)18)4-5-14-15/h2-6H,7H2,1H3,(H,17,18)/p-1. The fraction of sp³-hybridized carbons (Fsp3) is 0.154. The molecule has 0 saturated heterocycles. The molecule has 2 aromatic rings. The van der Waals surface area contributed by atoms with Crippen LogP contribution in [0.25, 0.3) is 0 Å². The first-order valence-corrected chi connectivity index (χ1v) is 6.03. The quantitative estimate of drug-likeness (QED) is 0.431. The summed E-state index contributed by atoms with van der Waals surface area (Å²) in [7, 11) is 1.16. The van der Waals surface area contributed by atoms with Gasteiger partial charge in [0.15, 0.2) is 0 Å². The minimum Gasteiger partial charge on any atom is -0.543 e. The van der Waals surface area contributed by atoms with E-state index in [4.69, 9.17) is 0 Å². The van der Waals surface area contributed by atoms with E-state index in [1.165, 1.54) is 24.4 Å². The summed E-state index contributed by atoms with van der Waals surface area (Å²) in [4.78, 5) is 32.8. The van der Waals surface area contributed by atoms with Crippen LogP contribution in [-0.4, -0.2) is 33.8 Å². The van der Waals surface area contributed by atoms with E-state index in [0.717, 1.165) is 17.9 Å². The van der Waals surface area contributed by atoms with Gasteiger partial charge in [0.2, 0.25) is 0 Å². The van der Waals surface area contributed by atoms with Gasteiger partial charge in [-0.1, -0.05) is 0 Å². The Hall–Kier alpha value is -3.23. The van der Waals surface area contributed by atoms with Gasteiger partial charge in [0.05, 0.1) is 41.4 Å². The Morgan fingerprint density at radius 2 is 2.09 bits per heavy atom. The van der Waals surface area contributed by atoms with Crippen LogP contribution in [0.2, 0.25) is 0 Å². The topological polar surface area (TPSA) is 127 Å². The average Bonchev–Trinajstić information content (AvgIpc) is 2.95. The van der Waals surface area contributed by atoms with Crippen LogP contribution < -0.4 is 5.11 Å². The van der Waals surface area contributed by atoms with Crippen LogP contribution in [-0.2, 0) is 11.3 Å². The molecule has 0 spiro atoms.